The molecular formula is C10H22N2O2S. The fraction of sp³-hybridized carbons (Fsp3) is 0.900. The van der Waals surface area contributed by atoms with E-state index in [1.165, 1.54) is 0 Å². The third kappa shape index (κ3) is 8.42. The molecule has 0 aromatic heterocycles. The normalized spacial score (nSPS) is 15.5. The molecule has 0 aromatic carbocycles. The van der Waals surface area contributed by atoms with Crippen molar-refractivity contribution in [2.45, 2.75) is 44.9 Å². The van der Waals surface area contributed by atoms with Gasteiger partial charge < -0.3 is 10.6 Å². The quantitative estimate of drug-likeness (QED) is 0.769. The van der Waals surface area contributed by atoms with Crippen LogP contribution in [-0.2, 0) is 10.8 Å². The van der Waals surface area contributed by atoms with Gasteiger partial charge in [-0.25, -0.2) is 4.79 Å². The second-order valence-corrected chi connectivity index (χ2v) is 6.53. The van der Waals surface area contributed by atoms with Crippen molar-refractivity contribution in [3.63, 3.8) is 0 Å². The van der Waals surface area contributed by atoms with Gasteiger partial charge in [-0.15, -0.1) is 0 Å². The Kier molecular flexibility index (Phi) is 5.87. The molecule has 0 aliphatic heterocycles. The van der Waals surface area contributed by atoms with Crippen molar-refractivity contribution < 1.29 is 9.00 Å². The Hall–Kier alpha value is -0.580. The van der Waals surface area contributed by atoms with Crippen LogP contribution in [0.1, 0.15) is 34.1 Å². The molecule has 0 aliphatic rings. The van der Waals surface area contributed by atoms with Crippen molar-refractivity contribution >= 4 is 16.8 Å². The molecule has 0 aliphatic carbocycles. The largest absolute Gasteiger partial charge is 0.338 e. The molecule has 5 heteroatoms. The van der Waals surface area contributed by atoms with Gasteiger partial charge in [-0.3, -0.25) is 4.21 Å². The molecule has 4 nitrogen and oxygen atoms in total. The van der Waals surface area contributed by atoms with Crippen LogP contribution in [0.15, 0.2) is 0 Å². The van der Waals surface area contributed by atoms with Crippen LogP contribution >= 0.6 is 0 Å². The van der Waals surface area contributed by atoms with Gasteiger partial charge in [0.25, 0.3) is 0 Å². The lowest BCUT2D eigenvalue weighted by Crippen LogP contribution is -2.46. The molecule has 0 bridgehead atoms. The predicted molar refractivity (Wildman–Crippen MR) is 64.4 cm³/mol. The van der Waals surface area contributed by atoms with E-state index < -0.39 is 10.8 Å². The molecule has 2 amide bonds. The molecule has 2 unspecified atom stereocenters. The molecule has 0 aromatic rings. The van der Waals surface area contributed by atoms with Gasteiger partial charge in [0, 0.05) is 34.4 Å². The highest BCUT2D eigenvalue weighted by atomic mass is 32.2. The minimum Gasteiger partial charge on any atom is -0.338 e. The Bertz CT molecular complexity index is 236. The minimum absolute atomic E-state index is 0.125. The zero-order chi connectivity index (χ0) is 12.1. The van der Waals surface area contributed by atoms with E-state index in [1.54, 1.807) is 6.26 Å². The molecule has 0 spiro atoms. The lowest BCUT2D eigenvalue weighted by molar-refractivity contribution is 0.232. The highest BCUT2D eigenvalue weighted by Crippen LogP contribution is 1.99. The van der Waals surface area contributed by atoms with Crippen LogP contribution in [0.4, 0.5) is 4.79 Å². The van der Waals surface area contributed by atoms with Crippen LogP contribution in [0.25, 0.3) is 0 Å². The Morgan fingerprint density at radius 1 is 1.40 bits per heavy atom. The van der Waals surface area contributed by atoms with E-state index >= 15 is 0 Å². The fourth-order valence-electron chi connectivity index (χ4n) is 0.940. The summed E-state index contributed by atoms with van der Waals surface area (Å²) in [4.78, 5) is 11.3. The van der Waals surface area contributed by atoms with Crippen LogP contribution in [0.5, 0.6) is 0 Å². The zero-order valence-corrected chi connectivity index (χ0v) is 11.0. The zero-order valence-electron chi connectivity index (χ0n) is 10.2. The highest BCUT2D eigenvalue weighted by molar-refractivity contribution is 7.84. The van der Waals surface area contributed by atoms with Crippen LogP contribution in [0.3, 0.4) is 0 Å². The predicted octanol–water partition coefficient (Wildman–Crippen LogP) is 1.24. The van der Waals surface area contributed by atoms with Crippen LogP contribution in [-0.4, -0.2) is 33.8 Å². The number of hydrogen-bond acceptors (Lipinski definition) is 2. The minimum atomic E-state index is -0.816. The SMILES string of the molecule is CC(CCNC(=O)NC(C)(C)C)S(C)=O. The summed E-state index contributed by atoms with van der Waals surface area (Å²) >= 11 is 0. The van der Waals surface area contributed by atoms with E-state index in [-0.39, 0.29) is 16.8 Å². The Labute approximate surface area is 94.7 Å². The maximum atomic E-state index is 11.3. The molecule has 2 N–H and O–H groups in total. The van der Waals surface area contributed by atoms with E-state index in [2.05, 4.69) is 10.6 Å². The van der Waals surface area contributed by atoms with Gasteiger partial charge in [0.05, 0.1) is 0 Å². The van der Waals surface area contributed by atoms with E-state index in [4.69, 9.17) is 0 Å². The Morgan fingerprint density at radius 3 is 2.33 bits per heavy atom. The van der Waals surface area contributed by atoms with Crippen molar-refractivity contribution in [3.05, 3.63) is 0 Å². The van der Waals surface area contributed by atoms with E-state index in [9.17, 15) is 9.00 Å². The van der Waals surface area contributed by atoms with Crippen LogP contribution in [0, 0.1) is 0 Å². The number of amides is 2. The van der Waals surface area contributed by atoms with Gasteiger partial charge >= 0.3 is 6.03 Å². The monoisotopic (exact) mass is 234 g/mol. The summed E-state index contributed by atoms with van der Waals surface area (Å²) in [5, 5.41) is 5.66. The first-order valence-electron chi connectivity index (χ1n) is 5.10. The summed E-state index contributed by atoms with van der Waals surface area (Å²) in [5.74, 6) is 0. The first-order chi connectivity index (χ1) is 6.72. The van der Waals surface area contributed by atoms with Gasteiger partial charge in [0.1, 0.15) is 0 Å². The molecule has 0 saturated carbocycles. The number of urea groups is 1. The summed E-state index contributed by atoms with van der Waals surface area (Å²) in [6.07, 6.45) is 2.42. The molecule has 0 fully saturated rings. The number of nitrogens with one attached hydrogen (secondary N) is 2. The molecule has 2 atom stereocenters. The van der Waals surface area contributed by atoms with Crippen LogP contribution in [0.2, 0.25) is 0 Å². The van der Waals surface area contributed by atoms with E-state index in [0.29, 0.717) is 6.54 Å². The maximum Gasteiger partial charge on any atom is 0.315 e. The molecule has 15 heavy (non-hydrogen) atoms. The highest BCUT2D eigenvalue weighted by Gasteiger charge is 2.13. The first kappa shape index (κ1) is 14.4. The Balaban J connectivity index is 3.69. The summed E-state index contributed by atoms with van der Waals surface area (Å²) in [7, 11) is -0.816. The lowest BCUT2D eigenvalue weighted by Gasteiger charge is -2.21. The smallest absolute Gasteiger partial charge is 0.315 e. The third-order valence-corrected chi connectivity index (χ3v) is 3.26. The van der Waals surface area contributed by atoms with Gasteiger partial charge in [-0.05, 0) is 27.2 Å². The lowest BCUT2D eigenvalue weighted by atomic mass is 10.1. The average molecular weight is 234 g/mol. The summed E-state index contributed by atoms with van der Waals surface area (Å²) < 4.78 is 11.0. The van der Waals surface area contributed by atoms with Crippen molar-refractivity contribution in [3.8, 4) is 0 Å². The number of carbonyl (C=O) groups excluding carboxylic acids is 1. The Morgan fingerprint density at radius 2 is 1.93 bits per heavy atom. The maximum absolute atomic E-state index is 11.3. The average Bonchev–Trinajstić information content (AvgIpc) is 2.00. The summed E-state index contributed by atoms with van der Waals surface area (Å²) in [6.45, 7) is 8.25. The summed E-state index contributed by atoms with van der Waals surface area (Å²) in [6, 6.07) is -0.170. The van der Waals surface area contributed by atoms with Gasteiger partial charge in [0.15, 0.2) is 0 Å². The number of rotatable bonds is 4. The topological polar surface area (TPSA) is 58.2 Å². The second-order valence-electron chi connectivity index (χ2n) is 4.73. The van der Waals surface area contributed by atoms with Crippen molar-refractivity contribution in [1.82, 2.24) is 10.6 Å². The summed E-state index contributed by atoms with van der Waals surface area (Å²) in [5.41, 5.74) is -0.219. The molecule has 90 valence electrons. The van der Waals surface area contributed by atoms with Gasteiger partial charge in [-0.2, -0.15) is 0 Å². The van der Waals surface area contributed by atoms with Gasteiger partial charge in [-0.1, -0.05) is 6.92 Å². The second kappa shape index (κ2) is 6.10. The molecule has 0 saturated heterocycles. The molecular weight excluding hydrogens is 212 g/mol. The first-order valence-corrected chi connectivity index (χ1v) is 6.73. The molecule has 0 radical (unpaired) electrons. The van der Waals surface area contributed by atoms with Crippen molar-refractivity contribution in [2.75, 3.05) is 12.8 Å². The van der Waals surface area contributed by atoms with Gasteiger partial charge in [0.2, 0.25) is 0 Å². The van der Waals surface area contributed by atoms with E-state index in [1.807, 2.05) is 27.7 Å². The molecule has 0 heterocycles. The number of carbonyl (C=O) groups is 1. The third-order valence-electron chi connectivity index (χ3n) is 1.89. The standard InChI is InChI=1S/C10H22N2O2S/c1-8(15(5)14)6-7-11-9(13)12-10(2,3)4/h8H,6-7H2,1-5H3,(H2,11,12,13). The van der Waals surface area contributed by atoms with Crippen molar-refractivity contribution in [1.29, 1.82) is 0 Å². The van der Waals surface area contributed by atoms with Crippen LogP contribution < -0.4 is 10.6 Å². The van der Waals surface area contributed by atoms with E-state index in [0.717, 1.165) is 6.42 Å². The van der Waals surface area contributed by atoms with Crippen molar-refractivity contribution in [2.24, 2.45) is 0 Å². The number of hydrogen-bond donors (Lipinski definition) is 2. The molecule has 0 rings (SSSR count). The fourth-order valence-corrected chi connectivity index (χ4v) is 1.39.